The number of primary sulfonamides is 1. The first-order valence-electron chi connectivity index (χ1n) is 7.52. The monoisotopic (exact) mass is 377 g/mol. The highest BCUT2D eigenvalue weighted by Gasteiger charge is 2.16. The van der Waals surface area contributed by atoms with Gasteiger partial charge in [0.05, 0.1) is 15.5 Å². The molecule has 8 heteroatoms. The van der Waals surface area contributed by atoms with Crippen molar-refractivity contribution in [2.24, 2.45) is 5.14 Å². The van der Waals surface area contributed by atoms with Crippen LogP contribution in [0.1, 0.15) is 6.92 Å². The molecule has 3 N–H and O–H groups in total. The molecule has 0 atom stereocenters. The van der Waals surface area contributed by atoms with Gasteiger partial charge in [0.1, 0.15) is 5.82 Å². The molecule has 0 saturated heterocycles. The first kappa shape index (κ1) is 17.5. The van der Waals surface area contributed by atoms with E-state index in [1.807, 2.05) is 6.92 Å². The molecule has 0 aliphatic carbocycles. The van der Waals surface area contributed by atoms with Crippen molar-refractivity contribution >= 4 is 26.5 Å². The summed E-state index contributed by atoms with van der Waals surface area (Å²) in [5.41, 5.74) is 2.31. The lowest BCUT2D eigenvalue weighted by Crippen LogP contribution is -2.11. The largest absolute Gasteiger partial charge is 0.362 e. The van der Waals surface area contributed by atoms with E-state index in [9.17, 15) is 12.8 Å². The lowest BCUT2D eigenvalue weighted by Gasteiger charge is -2.04. The average Bonchev–Trinajstić information content (AvgIpc) is 2.99. The second kappa shape index (κ2) is 6.91. The highest BCUT2D eigenvalue weighted by Crippen LogP contribution is 2.39. The average molecular weight is 377 g/mol. The number of nitrogens with two attached hydrogens (primary N) is 1. The van der Waals surface area contributed by atoms with Crippen LogP contribution in [-0.4, -0.2) is 19.9 Å². The van der Waals surface area contributed by atoms with Gasteiger partial charge in [-0.25, -0.2) is 22.9 Å². The zero-order valence-electron chi connectivity index (χ0n) is 13.4. The van der Waals surface area contributed by atoms with Crippen molar-refractivity contribution in [3.63, 3.8) is 0 Å². The van der Waals surface area contributed by atoms with Crippen molar-refractivity contribution in [2.45, 2.75) is 11.8 Å². The Morgan fingerprint density at radius 3 is 2.24 bits per heavy atom. The Kier molecular flexibility index (Phi) is 4.85. The maximum Gasteiger partial charge on any atom is 0.238 e. The fourth-order valence-electron chi connectivity index (χ4n) is 2.34. The SMILES string of the molecule is CCNc1nc(-c2ccc(F)cc2)c(-c2ccc(S(N)(=O)=O)cc2)s1. The van der Waals surface area contributed by atoms with Gasteiger partial charge in [-0.05, 0) is 48.9 Å². The lowest BCUT2D eigenvalue weighted by molar-refractivity contribution is 0.598. The van der Waals surface area contributed by atoms with Crippen molar-refractivity contribution in [1.29, 1.82) is 0 Å². The van der Waals surface area contributed by atoms with E-state index in [1.54, 1.807) is 24.3 Å². The highest BCUT2D eigenvalue weighted by atomic mass is 32.2. The fraction of sp³-hybridized carbons (Fsp3) is 0.118. The molecule has 0 aliphatic rings. The van der Waals surface area contributed by atoms with E-state index in [0.717, 1.165) is 27.7 Å². The first-order valence-corrected chi connectivity index (χ1v) is 9.88. The molecule has 0 radical (unpaired) electrons. The molecule has 0 spiro atoms. The highest BCUT2D eigenvalue weighted by molar-refractivity contribution is 7.89. The Bertz CT molecular complexity index is 982. The second-order valence-corrected chi connectivity index (χ2v) is 7.86. The molecule has 0 unspecified atom stereocenters. The molecule has 3 rings (SSSR count). The lowest BCUT2D eigenvalue weighted by atomic mass is 10.1. The fourth-order valence-corrected chi connectivity index (χ4v) is 3.92. The third kappa shape index (κ3) is 3.87. The molecule has 1 aromatic heterocycles. The number of thiazole rings is 1. The van der Waals surface area contributed by atoms with Gasteiger partial charge in [-0.15, -0.1) is 0 Å². The smallest absolute Gasteiger partial charge is 0.238 e. The summed E-state index contributed by atoms with van der Waals surface area (Å²) in [6.07, 6.45) is 0. The number of aromatic nitrogens is 1. The van der Waals surface area contributed by atoms with Crippen LogP contribution in [-0.2, 0) is 10.0 Å². The van der Waals surface area contributed by atoms with E-state index in [4.69, 9.17) is 5.14 Å². The number of sulfonamides is 1. The van der Waals surface area contributed by atoms with Gasteiger partial charge in [-0.3, -0.25) is 0 Å². The maximum absolute atomic E-state index is 13.2. The summed E-state index contributed by atoms with van der Waals surface area (Å²) in [6, 6.07) is 12.4. The van der Waals surface area contributed by atoms with Crippen molar-refractivity contribution in [3.8, 4) is 21.7 Å². The Labute approximate surface area is 149 Å². The third-order valence-corrected chi connectivity index (χ3v) is 5.51. The molecule has 0 bridgehead atoms. The Balaban J connectivity index is 2.09. The van der Waals surface area contributed by atoms with Gasteiger partial charge < -0.3 is 5.32 Å². The van der Waals surface area contributed by atoms with Crippen molar-refractivity contribution in [2.75, 3.05) is 11.9 Å². The summed E-state index contributed by atoms with van der Waals surface area (Å²) in [5, 5.41) is 9.06. The molecule has 130 valence electrons. The number of anilines is 1. The van der Waals surface area contributed by atoms with E-state index in [1.165, 1.54) is 35.6 Å². The summed E-state index contributed by atoms with van der Waals surface area (Å²) in [6.45, 7) is 2.69. The molecule has 0 saturated carbocycles. The van der Waals surface area contributed by atoms with Crippen LogP contribution in [0, 0.1) is 5.82 Å². The minimum atomic E-state index is -3.74. The summed E-state index contributed by atoms with van der Waals surface area (Å²) in [7, 11) is -3.74. The zero-order chi connectivity index (χ0) is 18.0. The van der Waals surface area contributed by atoms with Gasteiger partial charge in [0.2, 0.25) is 10.0 Å². The van der Waals surface area contributed by atoms with E-state index in [0.29, 0.717) is 5.69 Å². The minimum Gasteiger partial charge on any atom is -0.362 e. The van der Waals surface area contributed by atoms with Crippen LogP contribution in [0.25, 0.3) is 21.7 Å². The quantitative estimate of drug-likeness (QED) is 0.710. The minimum absolute atomic E-state index is 0.0519. The van der Waals surface area contributed by atoms with Crippen molar-refractivity contribution < 1.29 is 12.8 Å². The van der Waals surface area contributed by atoms with Crippen molar-refractivity contribution in [1.82, 2.24) is 4.98 Å². The Hall–Kier alpha value is -2.29. The van der Waals surface area contributed by atoms with Crippen LogP contribution in [0.15, 0.2) is 53.4 Å². The van der Waals surface area contributed by atoms with Crippen LogP contribution in [0.5, 0.6) is 0 Å². The van der Waals surface area contributed by atoms with E-state index >= 15 is 0 Å². The van der Waals surface area contributed by atoms with Crippen LogP contribution in [0.2, 0.25) is 0 Å². The van der Waals surface area contributed by atoms with Gasteiger partial charge in [-0.2, -0.15) is 0 Å². The maximum atomic E-state index is 13.2. The van der Waals surface area contributed by atoms with E-state index in [-0.39, 0.29) is 10.7 Å². The predicted molar refractivity (Wildman–Crippen MR) is 98.5 cm³/mol. The normalized spacial score (nSPS) is 11.5. The van der Waals surface area contributed by atoms with Gasteiger partial charge in [0.15, 0.2) is 5.13 Å². The molecule has 25 heavy (non-hydrogen) atoms. The molecule has 0 amide bonds. The number of benzene rings is 2. The molecule has 3 aromatic rings. The topological polar surface area (TPSA) is 85.1 Å². The van der Waals surface area contributed by atoms with Gasteiger partial charge >= 0.3 is 0 Å². The number of halogens is 1. The number of nitrogens with one attached hydrogen (secondary N) is 1. The molecule has 2 aromatic carbocycles. The van der Waals surface area contributed by atoms with Crippen LogP contribution in [0.3, 0.4) is 0 Å². The van der Waals surface area contributed by atoms with Crippen LogP contribution < -0.4 is 10.5 Å². The van der Waals surface area contributed by atoms with Gasteiger partial charge in [0, 0.05) is 12.1 Å². The van der Waals surface area contributed by atoms with E-state index in [2.05, 4.69) is 10.3 Å². The summed E-state index contributed by atoms with van der Waals surface area (Å²) in [5.74, 6) is -0.315. The van der Waals surface area contributed by atoms with Crippen LogP contribution >= 0.6 is 11.3 Å². The number of rotatable bonds is 5. The van der Waals surface area contributed by atoms with E-state index < -0.39 is 10.0 Å². The Morgan fingerprint density at radius 2 is 1.68 bits per heavy atom. The first-order chi connectivity index (χ1) is 11.9. The third-order valence-electron chi connectivity index (χ3n) is 3.52. The number of nitrogens with zero attached hydrogens (tertiary/aromatic N) is 1. The predicted octanol–water partition coefficient (Wildman–Crippen LogP) is 3.70. The van der Waals surface area contributed by atoms with Gasteiger partial charge in [-0.1, -0.05) is 23.5 Å². The second-order valence-electron chi connectivity index (χ2n) is 5.30. The Morgan fingerprint density at radius 1 is 1.08 bits per heavy atom. The molecular formula is C17H16FN3O2S2. The van der Waals surface area contributed by atoms with Crippen molar-refractivity contribution in [3.05, 3.63) is 54.3 Å². The van der Waals surface area contributed by atoms with Crippen LogP contribution in [0.4, 0.5) is 9.52 Å². The van der Waals surface area contributed by atoms with Gasteiger partial charge in [0.25, 0.3) is 0 Å². The summed E-state index contributed by atoms with van der Waals surface area (Å²) < 4.78 is 36.0. The molecular weight excluding hydrogens is 361 g/mol. The summed E-state index contributed by atoms with van der Waals surface area (Å²) in [4.78, 5) is 5.51. The standard InChI is InChI=1S/C17H16FN3O2S2/c1-2-20-17-21-15(11-3-7-13(18)8-4-11)16(24-17)12-5-9-14(10-6-12)25(19,22)23/h3-10H,2H2,1H3,(H,20,21)(H2,19,22,23). The molecule has 0 fully saturated rings. The number of hydrogen-bond donors (Lipinski definition) is 2. The number of hydrogen-bond acceptors (Lipinski definition) is 5. The molecule has 5 nitrogen and oxygen atoms in total. The molecule has 1 heterocycles. The summed E-state index contributed by atoms with van der Waals surface area (Å²) >= 11 is 1.45. The zero-order valence-corrected chi connectivity index (χ0v) is 15.0. The molecule has 0 aliphatic heterocycles.